The first-order chi connectivity index (χ1) is 6.34. The van der Waals surface area contributed by atoms with Crippen LogP contribution in [-0.2, 0) is 0 Å². The van der Waals surface area contributed by atoms with Crippen molar-refractivity contribution in [1.29, 1.82) is 5.26 Å². The molecule has 0 radical (unpaired) electrons. The summed E-state index contributed by atoms with van der Waals surface area (Å²) in [4.78, 5) is 0. The maximum Gasteiger partial charge on any atom is 0.0985 e. The van der Waals surface area contributed by atoms with E-state index in [0.717, 1.165) is 0 Å². The van der Waals surface area contributed by atoms with Crippen LogP contribution >= 0.6 is 0 Å². The van der Waals surface area contributed by atoms with Gasteiger partial charge in [-0.2, -0.15) is 5.26 Å². The van der Waals surface area contributed by atoms with Crippen LogP contribution in [0, 0.1) is 22.7 Å². The number of aliphatic hydroxyl groups is 2. The molecule has 0 fully saturated rings. The highest BCUT2D eigenvalue weighted by Gasteiger charge is 2.43. The van der Waals surface area contributed by atoms with E-state index in [1.54, 1.807) is 19.1 Å². The van der Waals surface area contributed by atoms with Gasteiger partial charge in [-0.05, 0) is 12.8 Å². The summed E-state index contributed by atoms with van der Waals surface area (Å²) in [6, 6.07) is 2.06. The Bertz CT molecular complexity index is 292. The topological polar surface area (TPSA) is 64.2 Å². The molecular formula is C11H17NO2. The van der Waals surface area contributed by atoms with E-state index >= 15 is 0 Å². The van der Waals surface area contributed by atoms with E-state index in [2.05, 4.69) is 6.07 Å². The van der Waals surface area contributed by atoms with Crippen molar-refractivity contribution in [3.63, 3.8) is 0 Å². The average Bonchev–Trinajstić information content (AvgIpc) is 2.12. The maximum absolute atomic E-state index is 10.1. The first-order valence-electron chi connectivity index (χ1n) is 4.86. The Hall–Kier alpha value is -0.850. The van der Waals surface area contributed by atoms with Crippen molar-refractivity contribution in [2.45, 2.75) is 38.9 Å². The van der Waals surface area contributed by atoms with Gasteiger partial charge in [0.25, 0.3) is 0 Å². The van der Waals surface area contributed by atoms with Crippen LogP contribution in [-0.4, -0.2) is 21.9 Å². The summed E-state index contributed by atoms with van der Waals surface area (Å²) in [6.45, 7) is 5.46. The van der Waals surface area contributed by atoms with Gasteiger partial charge in [0, 0.05) is 6.42 Å². The molecule has 0 heterocycles. The Morgan fingerprint density at radius 2 is 2.07 bits per heavy atom. The molecule has 0 saturated heterocycles. The SMILES string of the molecule is CC(C)C1(O)C=CC(C)(C#N)C(O)C1. The van der Waals surface area contributed by atoms with Gasteiger partial charge in [0.1, 0.15) is 0 Å². The molecule has 1 rings (SSSR count). The van der Waals surface area contributed by atoms with E-state index in [1.807, 2.05) is 13.8 Å². The lowest BCUT2D eigenvalue weighted by Crippen LogP contribution is -2.45. The Kier molecular flexibility index (Phi) is 2.71. The van der Waals surface area contributed by atoms with Crippen LogP contribution in [0.15, 0.2) is 12.2 Å². The molecule has 2 N–H and O–H groups in total. The van der Waals surface area contributed by atoms with Crippen LogP contribution in [0.3, 0.4) is 0 Å². The molecule has 0 aromatic rings. The zero-order chi connectivity index (χ0) is 11.0. The first-order valence-corrected chi connectivity index (χ1v) is 4.86. The highest BCUT2D eigenvalue weighted by molar-refractivity contribution is 5.23. The number of aliphatic hydroxyl groups excluding tert-OH is 1. The molecule has 3 atom stereocenters. The fourth-order valence-corrected chi connectivity index (χ4v) is 1.56. The van der Waals surface area contributed by atoms with Crippen molar-refractivity contribution in [3.8, 4) is 6.07 Å². The fourth-order valence-electron chi connectivity index (χ4n) is 1.56. The standard InChI is InChI=1S/C11H17NO2/c1-8(2)11(14)5-4-10(3,7-12)9(13)6-11/h4-5,8-9,13-14H,6H2,1-3H3. The van der Waals surface area contributed by atoms with Crippen molar-refractivity contribution in [2.75, 3.05) is 0 Å². The van der Waals surface area contributed by atoms with Crippen molar-refractivity contribution < 1.29 is 10.2 Å². The molecule has 3 heteroatoms. The second kappa shape index (κ2) is 3.38. The normalized spacial score (nSPS) is 42.5. The molecule has 3 nitrogen and oxygen atoms in total. The molecule has 14 heavy (non-hydrogen) atoms. The molecule has 0 amide bonds. The van der Waals surface area contributed by atoms with Gasteiger partial charge in [0.15, 0.2) is 0 Å². The van der Waals surface area contributed by atoms with E-state index in [1.165, 1.54) is 0 Å². The number of nitriles is 1. The summed E-state index contributed by atoms with van der Waals surface area (Å²) in [7, 11) is 0. The van der Waals surface area contributed by atoms with E-state index in [0.29, 0.717) is 0 Å². The second-order valence-corrected chi connectivity index (χ2v) is 4.59. The molecule has 0 spiro atoms. The van der Waals surface area contributed by atoms with Crippen LogP contribution in [0.1, 0.15) is 27.2 Å². The summed E-state index contributed by atoms with van der Waals surface area (Å²) >= 11 is 0. The number of hydrogen-bond donors (Lipinski definition) is 2. The lowest BCUT2D eigenvalue weighted by molar-refractivity contribution is -0.0386. The van der Waals surface area contributed by atoms with Crippen molar-refractivity contribution in [3.05, 3.63) is 12.2 Å². The van der Waals surface area contributed by atoms with Crippen LogP contribution in [0.5, 0.6) is 0 Å². The minimum absolute atomic E-state index is 0.0386. The summed E-state index contributed by atoms with van der Waals surface area (Å²) in [6.07, 6.45) is 2.69. The number of nitrogens with zero attached hydrogens (tertiary/aromatic N) is 1. The maximum atomic E-state index is 10.1. The van der Waals surface area contributed by atoms with Gasteiger partial charge in [-0.1, -0.05) is 26.0 Å². The lowest BCUT2D eigenvalue weighted by Gasteiger charge is -2.39. The molecule has 1 aliphatic carbocycles. The van der Waals surface area contributed by atoms with Gasteiger partial charge in [0.05, 0.1) is 23.2 Å². The van der Waals surface area contributed by atoms with Crippen LogP contribution in [0.25, 0.3) is 0 Å². The molecule has 0 aliphatic heterocycles. The Morgan fingerprint density at radius 1 is 1.50 bits per heavy atom. The van der Waals surface area contributed by atoms with Gasteiger partial charge < -0.3 is 10.2 Å². The smallest absolute Gasteiger partial charge is 0.0985 e. The summed E-state index contributed by atoms with van der Waals surface area (Å²) in [5, 5.41) is 28.8. The molecule has 3 unspecified atom stereocenters. The molecule has 1 aliphatic rings. The largest absolute Gasteiger partial charge is 0.391 e. The summed E-state index contributed by atoms with van der Waals surface area (Å²) in [5.41, 5.74) is -1.84. The summed E-state index contributed by atoms with van der Waals surface area (Å²) in [5.74, 6) is 0.0386. The van der Waals surface area contributed by atoms with Crippen molar-refractivity contribution in [2.24, 2.45) is 11.3 Å². The minimum Gasteiger partial charge on any atom is -0.391 e. The predicted octanol–water partition coefficient (Wildman–Crippen LogP) is 1.22. The molecule has 78 valence electrons. The average molecular weight is 195 g/mol. The van der Waals surface area contributed by atoms with Gasteiger partial charge >= 0.3 is 0 Å². The van der Waals surface area contributed by atoms with E-state index in [-0.39, 0.29) is 12.3 Å². The highest BCUT2D eigenvalue weighted by Crippen LogP contribution is 2.38. The van der Waals surface area contributed by atoms with Gasteiger partial charge in [-0.25, -0.2) is 0 Å². The van der Waals surface area contributed by atoms with Gasteiger partial charge in [-0.15, -0.1) is 0 Å². The molecule has 0 bridgehead atoms. The van der Waals surface area contributed by atoms with Crippen LogP contribution in [0.4, 0.5) is 0 Å². The first kappa shape index (κ1) is 11.2. The Labute approximate surface area is 84.7 Å². The molecule has 0 saturated carbocycles. The highest BCUT2D eigenvalue weighted by atomic mass is 16.3. The third-order valence-electron chi connectivity index (χ3n) is 3.17. The Balaban J connectivity index is 2.99. The number of hydrogen-bond acceptors (Lipinski definition) is 3. The van der Waals surface area contributed by atoms with Crippen LogP contribution in [0.2, 0.25) is 0 Å². The minimum atomic E-state index is -0.976. The molecular weight excluding hydrogens is 178 g/mol. The van der Waals surface area contributed by atoms with Crippen molar-refractivity contribution >= 4 is 0 Å². The van der Waals surface area contributed by atoms with Crippen molar-refractivity contribution in [1.82, 2.24) is 0 Å². The van der Waals surface area contributed by atoms with Gasteiger partial charge in [-0.3, -0.25) is 0 Å². The molecule has 0 aromatic heterocycles. The molecule has 0 aromatic carbocycles. The Morgan fingerprint density at radius 3 is 2.43 bits per heavy atom. The van der Waals surface area contributed by atoms with E-state index in [4.69, 9.17) is 5.26 Å². The number of rotatable bonds is 1. The summed E-state index contributed by atoms with van der Waals surface area (Å²) < 4.78 is 0. The van der Waals surface area contributed by atoms with E-state index < -0.39 is 17.1 Å². The van der Waals surface area contributed by atoms with Crippen LogP contribution < -0.4 is 0 Å². The third-order valence-corrected chi connectivity index (χ3v) is 3.17. The van der Waals surface area contributed by atoms with E-state index in [9.17, 15) is 10.2 Å². The zero-order valence-electron chi connectivity index (χ0n) is 8.86. The fraction of sp³-hybridized carbons (Fsp3) is 0.727. The quantitative estimate of drug-likeness (QED) is 0.618. The van der Waals surface area contributed by atoms with Gasteiger partial charge in [0.2, 0.25) is 0 Å². The second-order valence-electron chi connectivity index (χ2n) is 4.59. The zero-order valence-corrected chi connectivity index (χ0v) is 8.86. The predicted molar refractivity (Wildman–Crippen MR) is 53.3 cm³/mol. The third kappa shape index (κ3) is 1.68. The monoisotopic (exact) mass is 195 g/mol. The lowest BCUT2D eigenvalue weighted by atomic mass is 9.70.